The normalized spacial score (nSPS) is 12.6. The molecule has 0 saturated heterocycles. The van der Waals surface area contributed by atoms with E-state index in [1.165, 1.54) is 17.7 Å². The lowest BCUT2D eigenvalue weighted by molar-refractivity contribution is 0.224. The second kappa shape index (κ2) is 7.05. The summed E-state index contributed by atoms with van der Waals surface area (Å²) in [5, 5.41) is 10.4. The Morgan fingerprint density at radius 3 is 2.70 bits per heavy atom. The number of aromatic nitrogens is 5. The molecule has 0 aliphatic carbocycles. The Morgan fingerprint density at radius 1 is 1.22 bits per heavy atom. The van der Waals surface area contributed by atoms with Crippen molar-refractivity contribution in [1.82, 2.24) is 24.5 Å². The number of aliphatic hydroxyl groups is 1. The Hall–Kier alpha value is -2.84. The van der Waals surface area contributed by atoms with Crippen molar-refractivity contribution < 1.29 is 5.11 Å². The van der Waals surface area contributed by atoms with Gasteiger partial charge >= 0.3 is 0 Å². The number of imidazole rings is 1. The molecule has 0 aliphatic rings. The van der Waals surface area contributed by atoms with Crippen LogP contribution in [0.4, 0.5) is 5.82 Å². The third-order valence-corrected chi connectivity index (χ3v) is 5.27. The summed E-state index contributed by atoms with van der Waals surface area (Å²) in [6.07, 6.45) is 3.33. The zero-order chi connectivity index (χ0) is 19.0. The number of nitrogens with zero attached hydrogens (tertiary/aromatic N) is 5. The van der Waals surface area contributed by atoms with Crippen LogP contribution in [-0.2, 0) is 13.5 Å². The number of hydrogen-bond donors (Lipinski definition) is 2. The first-order chi connectivity index (χ1) is 13.0. The van der Waals surface area contributed by atoms with Gasteiger partial charge < -0.3 is 15.4 Å². The van der Waals surface area contributed by atoms with E-state index in [4.69, 9.17) is 10.7 Å². The van der Waals surface area contributed by atoms with E-state index in [9.17, 15) is 5.11 Å². The SMILES string of the molecule is CC(O)[CH]Cc1nc(-c2ccccc2)c(-c2nc3c(N)ncnc3s2)n1C. The maximum absolute atomic E-state index is 9.61. The smallest absolute Gasteiger partial charge is 0.154 e. The molecule has 3 heterocycles. The molecule has 7 nitrogen and oxygen atoms in total. The van der Waals surface area contributed by atoms with E-state index in [1.54, 1.807) is 6.92 Å². The summed E-state index contributed by atoms with van der Waals surface area (Å²) >= 11 is 1.46. The molecule has 3 aromatic heterocycles. The fourth-order valence-electron chi connectivity index (χ4n) is 2.92. The maximum Gasteiger partial charge on any atom is 0.154 e. The Balaban J connectivity index is 1.90. The summed E-state index contributed by atoms with van der Waals surface area (Å²) < 4.78 is 2.02. The highest BCUT2D eigenvalue weighted by atomic mass is 32.1. The second-order valence-electron chi connectivity index (χ2n) is 6.26. The molecule has 4 aromatic rings. The summed E-state index contributed by atoms with van der Waals surface area (Å²) in [4.78, 5) is 18.6. The first-order valence-corrected chi connectivity index (χ1v) is 9.36. The van der Waals surface area contributed by atoms with E-state index in [0.717, 1.165) is 32.6 Å². The predicted octanol–water partition coefficient (Wildman–Crippen LogP) is 2.86. The lowest BCUT2D eigenvalue weighted by atomic mass is 10.1. The number of thiazole rings is 1. The number of anilines is 1. The number of nitrogen functional groups attached to an aromatic ring is 1. The van der Waals surface area contributed by atoms with Crippen molar-refractivity contribution in [2.24, 2.45) is 7.05 Å². The molecule has 1 atom stereocenters. The molecule has 0 fully saturated rings. The van der Waals surface area contributed by atoms with E-state index in [0.29, 0.717) is 17.8 Å². The van der Waals surface area contributed by atoms with Gasteiger partial charge in [-0.25, -0.2) is 19.9 Å². The molecule has 8 heteroatoms. The zero-order valence-corrected chi connectivity index (χ0v) is 15.8. The minimum Gasteiger partial charge on any atom is -0.393 e. The van der Waals surface area contributed by atoms with Crippen molar-refractivity contribution in [3.63, 3.8) is 0 Å². The van der Waals surface area contributed by atoms with Gasteiger partial charge in [0, 0.05) is 19.0 Å². The van der Waals surface area contributed by atoms with E-state index in [1.807, 2.05) is 48.4 Å². The fraction of sp³-hybridized carbons (Fsp3) is 0.211. The Labute approximate surface area is 160 Å². The first kappa shape index (κ1) is 17.6. The third-order valence-electron chi connectivity index (χ3n) is 4.30. The molecule has 0 amide bonds. The number of aliphatic hydroxyl groups excluding tert-OH is 1. The van der Waals surface area contributed by atoms with Gasteiger partial charge in [-0.1, -0.05) is 41.7 Å². The van der Waals surface area contributed by atoms with Gasteiger partial charge in [0.15, 0.2) is 5.82 Å². The van der Waals surface area contributed by atoms with Gasteiger partial charge in [0.2, 0.25) is 0 Å². The van der Waals surface area contributed by atoms with Crippen LogP contribution in [0.2, 0.25) is 0 Å². The highest BCUT2D eigenvalue weighted by Gasteiger charge is 2.22. The average Bonchev–Trinajstić information content (AvgIpc) is 3.22. The van der Waals surface area contributed by atoms with Gasteiger partial charge in [-0.15, -0.1) is 0 Å². The lowest BCUT2D eigenvalue weighted by Gasteiger charge is -2.06. The average molecular weight is 379 g/mol. The van der Waals surface area contributed by atoms with Crippen LogP contribution < -0.4 is 5.73 Å². The summed E-state index contributed by atoms with van der Waals surface area (Å²) in [6, 6.07) is 9.99. The first-order valence-electron chi connectivity index (χ1n) is 8.54. The summed E-state index contributed by atoms with van der Waals surface area (Å²) in [5.74, 6) is 1.22. The molecule has 0 saturated carbocycles. The Bertz CT molecular complexity index is 1090. The molecule has 0 aliphatic heterocycles. The molecule has 1 aromatic carbocycles. The number of benzene rings is 1. The Morgan fingerprint density at radius 2 is 2.00 bits per heavy atom. The van der Waals surface area contributed by atoms with E-state index < -0.39 is 6.10 Å². The van der Waals surface area contributed by atoms with Crippen LogP contribution in [0.5, 0.6) is 0 Å². The van der Waals surface area contributed by atoms with Crippen molar-refractivity contribution in [2.45, 2.75) is 19.4 Å². The van der Waals surface area contributed by atoms with Crippen LogP contribution in [0.25, 0.3) is 32.3 Å². The van der Waals surface area contributed by atoms with Crippen molar-refractivity contribution in [3.05, 3.63) is 48.9 Å². The van der Waals surface area contributed by atoms with Crippen LogP contribution in [0.15, 0.2) is 36.7 Å². The van der Waals surface area contributed by atoms with Gasteiger partial charge in [0.25, 0.3) is 0 Å². The van der Waals surface area contributed by atoms with Crippen molar-refractivity contribution in [1.29, 1.82) is 0 Å². The van der Waals surface area contributed by atoms with Crippen molar-refractivity contribution >= 4 is 27.5 Å². The molecular weight excluding hydrogens is 360 g/mol. The van der Waals surface area contributed by atoms with Gasteiger partial charge in [-0.05, 0) is 13.3 Å². The van der Waals surface area contributed by atoms with Crippen molar-refractivity contribution in [2.75, 3.05) is 5.73 Å². The van der Waals surface area contributed by atoms with Crippen LogP contribution in [-0.4, -0.2) is 35.7 Å². The van der Waals surface area contributed by atoms with Crippen LogP contribution in [0.3, 0.4) is 0 Å². The number of fused-ring (bicyclic) bond motifs is 1. The molecule has 0 spiro atoms. The van der Waals surface area contributed by atoms with E-state index in [-0.39, 0.29) is 0 Å². The largest absolute Gasteiger partial charge is 0.393 e. The molecular formula is C19H19N6OS. The second-order valence-corrected chi connectivity index (χ2v) is 7.24. The number of rotatable bonds is 5. The predicted molar refractivity (Wildman–Crippen MR) is 107 cm³/mol. The van der Waals surface area contributed by atoms with Crippen molar-refractivity contribution in [3.8, 4) is 22.0 Å². The van der Waals surface area contributed by atoms with Crippen LogP contribution >= 0.6 is 11.3 Å². The third kappa shape index (κ3) is 3.29. The molecule has 4 rings (SSSR count). The number of nitrogens with two attached hydrogens (primary N) is 1. The van der Waals surface area contributed by atoms with Gasteiger partial charge in [-0.3, -0.25) is 0 Å². The fourth-order valence-corrected chi connectivity index (χ4v) is 3.91. The standard InChI is InChI=1S/C19H19N6OS/c1-11(26)8-9-13-23-14(12-6-4-3-5-7-12)16(25(13)2)19-24-15-17(20)21-10-22-18(15)27-19/h3-8,10-11,26H,9H2,1-2H3,(H2,20,21,22). The maximum atomic E-state index is 9.61. The topological polar surface area (TPSA) is 103 Å². The minimum atomic E-state index is -0.497. The monoisotopic (exact) mass is 379 g/mol. The number of hydrogen-bond acceptors (Lipinski definition) is 7. The molecule has 1 unspecified atom stereocenters. The lowest BCUT2D eigenvalue weighted by Crippen LogP contribution is -2.07. The molecule has 137 valence electrons. The summed E-state index contributed by atoms with van der Waals surface area (Å²) in [5.41, 5.74) is 9.32. The molecule has 1 radical (unpaired) electrons. The highest BCUT2D eigenvalue weighted by Crippen LogP contribution is 2.37. The molecule has 27 heavy (non-hydrogen) atoms. The summed E-state index contributed by atoms with van der Waals surface area (Å²) in [7, 11) is 1.96. The minimum absolute atomic E-state index is 0.369. The van der Waals surface area contributed by atoms with Gasteiger partial charge in [-0.2, -0.15) is 0 Å². The molecule has 3 N–H and O–H groups in total. The van der Waals surface area contributed by atoms with E-state index >= 15 is 0 Å². The summed E-state index contributed by atoms with van der Waals surface area (Å²) in [6.45, 7) is 1.73. The highest BCUT2D eigenvalue weighted by molar-refractivity contribution is 7.21. The van der Waals surface area contributed by atoms with Crippen LogP contribution in [0, 0.1) is 6.42 Å². The van der Waals surface area contributed by atoms with Crippen LogP contribution in [0.1, 0.15) is 12.7 Å². The quantitative estimate of drug-likeness (QED) is 0.553. The van der Waals surface area contributed by atoms with Gasteiger partial charge in [0.05, 0.1) is 11.8 Å². The van der Waals surface area contributed by atoms with E-state index in [2.05, 4.69) is 15.0 Å². The zero-order valence-electron chi connectivity index (χ0n) is 15.0. The van der Waals surface area contributed by atoms with Gasteiger partial charge in [0.1, 0.15) is 33.2 Å². The Kier molecular flexibility index (Phi) is 4.59. The molecule has 0 bridgehead atoms.